The Kier molecular flexibility index (Phi) is 6.02. The Balaban J connectivity index is 3.00. The number of amides is 2. The summed E-state index contributed by atoms with van der Waals surface area (Å²) >= 11 is 1.96. The molecule has 128 valence electrons. The lowest BCUT2D eigenvalue weighted by Crippen LogP contribution is -2.34. The Bertz CT molecular complexity index is 725. The van der Waals surface area contributed by atoms with E-state index in [2.05, 4.69) is 0 Å². The Morgan fingerprint density at radius 3 is 2.26 bits per heavy atom. The molecule has 0 aromatic heterocycles. The van der Waals surface area contributed by atoms with E-state index in [4.69, 9.17) is 4.74 Å². The summed E-state index contributed by atoms with van der Waals surface area (Å²) in [5.74, 6) is -0.725. The zero-order valence-electron chi connectivity index (χ0n) is 13.5. The van der Waals surface area contributed by atoms with Crippen LogP contribution in [-0.4, -0.2) is 39.3 Å². The van der Waals surface area contributed by atoms with E-state index >= 15 is 0 Å². The number of halogens is 1. The number of anilines is 1. The first-order valence-corrected chi connectivity index (χ1v) is 9.55. The van der Waals surface area contributed by atoms with Crippen molar-refractivity contribution < 1.29 is 22.7 Å². The maximum absolute atomic E-state index is 12.1. The van der Waals surface area contributed by atoms with Crippen LogP contribution in [0.3, 0.4) is 0 Å². The minimum absolute atomic E-state index is 0.182. The summed E-state index contributed by atoms with van der Waals surface area (Å²) in [6.07, 6.45) is 0.379. The largest absolute Gasteiger partial charge is 0.443 e. The third-order valence-electron chi connectivity index (χ3n) is 2.52. The molecule has 1 aromatic carbocycles. The summed E-state index contributed by atoms with van der Waals surface area (Å²) in [6.45, 7) is 5.30. The molecule has 1 aromatic rings. The summed E-state index contributed by atoms with van der Waals surface area (Å²) in [4.78, 5) is 25.2. The van der Waals surface area contributed by atoms with Crippen LogP contribution in [0.15, 0.2) is 18.2 Å². The van der Waals surface area contributed by atoms with Crippen LogP contribution < -0.4 is 9.62 Å². The number of carbonyl (C=O) groups excluding carboxylic acids is 2. The molecule has 0 unspecified atom stereocenters. The van der Waals surface area contributed by atoms with E-state index in [1.54, 1.807) is 33.9 Å². The number of ether oxygens (including phenoxy) is 1. The number of nitrogens with zero attached hydrogens (tertiary/aromatic N) is 1. The Morgan fingerprint density at radius 2 is 1.83 bits per heavy atom. The molecule has 9 heteroatoms. The fourth-order valence-electron chi connectivity index (χ4n) is 1.58. The van der Waals surface area contributed by atoms with Gasteiger partial charge in [0.25, 0.3) is 5.91 Å². The lowest BCUT2D eigenvalue weighted by atomic mass is 10.2. The van der Waals surface area contributed by atoms with Crippen molar-refractivity contribution in [3.05, 3.63) is 27.3 Å². The smallest absolute Gasteiger partial charge is 0.414 e. The van der Waals surface area contributed by atoms with E-state index < -0.39 is 27.6 Å². The highest BCUT2D eigenvalue weighted by Crippen LogP contribution is 2.24. The summed E-state index contributed by atoms with van der Waals surface area (Å²) in [5, 5.41) is 0. The third kappa shape index (κ3) is 6.34. The zero-order chi connectivity index (χ0) is 18.0. The molecule has 0 aliphatic rings. The fourth-order valence-corrected chi connectivity index (χ4v) is 2.91. The Morgan fingerprint density at radius 1 is 1.26 bits per heavy atom. The van der Waals surface area contributed by atoms with Gasteiger partial charge >= 0.3 is 6.09 Å². The van der Waals surface area contributed by atoms with Crippen molar-refractivity contribution in [2.24, 2.45) is 0 Å². The second kappa shape index (κ2) is 7.04. The molecule has 0 radical (unpaired) electrons. The molecule has 0 bridgehead atoms. The monoisotopic (exact) mass is 454 g/mol. The molecule has 0 heterocycles. The number of hydrogen-bond donors (Lipinski definition) is 1. The van der Waals surface area contributed by atoms with Crippen LogP contribution in [0.4, 0.5) is 10.5 Å². The van der Waals surface area contributed by atoms with E-state index in [1.165, 1.54) is 17.0 Å². The second-order valence-corrected chi connectivity index (χ2v) is 8.82. The van der Waals surface area contributed by atoms with Crippen LogP contribution in [0.5, 0.6) is 0 Å². The van der Waals surface area contributed by atoms with Gasteiger partial charge in [-0.25, -0.2) is 17.9 Å². The lowest BCUT2D eigenvalue weighted by molar-refractivity contribution is 0.0589. The molecule has 0 aliphatic carbocycles. The average Bonchev–Trinajstić information content (AvgIpc) is 2.33. The first kappa shape index (κ1) is 19.7. The van der Waals surface area contributed by atoms with Gasteiger partial charge in [0, 0.05) is 16.2 Å². The standard InChI is InChI=1S/C14H19IN2O5S/c1-14(2,3)22-13(19)17(4)11-7-6-9(8-10(11)15)12(18)16-23(5,20)21/h6-8H,1-5H3,(H,16,18). The van der Waals surface area contributed by atoms with Gasteiger partial charge in [0.05, 0.1) is 11.9 Å². The molecule has 23 heavy (non-hydrogen) atoms. The topological polar surface area (TPSA) is 92.8 Å². The molecule has 2 amide bonds. The van der Waals surface area contributed by atoms with Gasteiger partial charge in [-0.05, 0) is 61.6 Å². The molecule has 0 fully saturated rings. The molecule has 0 atom stereocenters. The van der Waals surface area contributed by atoms with Gasteiger partial charge in [0.2, 0.25) is 10.0 Å². The third-order valence-corrected chi connectivity index (χ3v) is 3.94. The van der Waals surface area contributed by atoms with Crippen molar-refractivity contribution in [1.29, 1.82) is 0 Å². The highest BCUT2D eigenvalue weighted by molar-refractivity contribution is 14.1. The SMILES string of the molecule is CN(C(=O)OC(C)(C)C)c1ccc(C(=O)NS(C)(=O)=O)cc1I. The van der Waals surface area contributed by atoms with E-state index in [-0.39, 0.29) is 5.56 Å². The van der Waals surface area contributed by atoms with Gasteiger partial charge < -0.3 is 4.74 Å². The summed E-state index contributed by atoms with van der Waals surface area (Å²) in [6, 6.07) is 4.50. The van der Waals surface area contributed by atoms with Crippen molar-refractivity contribution >= 4 is 50.3 Å². The average molecular weight is 454 g/mol. The van der Waals surface area contributed by atoms with Crippen LogP contribution in [0.2, 0.25) is 0 Å². The molecule has 0 spiro atoms. The van der Waals surface area contributed by atoms with Crippen LogP contribution in [0.1, 0.15) is 31.1 Å². The van der Waals surface area contributed by atoms with Crippen LogP contribution in [-0.2, 0) is 14.8 Å². The van der Waals surface area contributed by atoms with Gasteiger partial charge in [0.15, 0.2) is 0 Å². The van der Waals surface area contributed by atoms with Crippen molar-refractivity contribution in [3.63, 3.8) is 0 Å². The Labute approximate surface area is 149 Å². The van der Waals surface area contributed by atoms with Crippen LogP contribution >= 0.6 is 22.6 Å². The Hall–Kier alpha value is -1.36. The quantitative estimate of drug-likeness (QED) is 0.708. The van der Waals surface area contributed by atoms with Crippen LogP contribution in [0, 0.1) is 3.57 Å². The number of carbonyl (C=O) groups is 2. The number of hydrogen-bond acceptors (Lipinski definition) is 5. The van der Waals surface area contributed by atoms with Crippen LogP contribution in [0.25, 0.3) is 0 Å². The molecule has 1 rings (SSSR count). The normalized spacial score (nSPS) is 11.7. The van der Waals surface area contributed by atoms with Crippen molar-refractivity contribution in [3.8, 4) is 0 Å². The van der Waals surface area contributed by atoms with Crippen molar-refractivity contribution in [2.75, 3.05) is 18.2 Å². The zero-order valence-corrected chi connectivity index (χ0v) is 16.5. The predicted octanol–water partition coefficient (Wildman–Crippen LogP) is 2.35. The molecule has 0 saturated carbocycles. The predicted molar refractivity (Wildman–Crippen MR) is 96.1 cm³/mol. The van der Waals surface area contributed by atoms with Gasteiger partial charge in [-0.1, -0.05) is 0 Å². The second-order valence-electron chi connectivity index (χ2n) is 5.91. The molecule has 1 N–H and O–H groups in total. The minimum Gasteiger partial charge on any atom is -0.443 e. The summed E-state index contributed by atoms with van der Waals surface area (Å²) < 4.78 is 30.0. The highest BCUT2D eigenvalue weighted by atomic mass is 127. The van der Waals surface area contributed by atoms with E-state index in [1.807, 2.05) is 27.3 Å². The maximum Gasteiger partial charge on any atom is 0.414 e. The number of benzene rings is 1. The lowest BCUT2D eigenvalue weighted by Gasteiger charge is -2.25. The van der Waals surface area contributed by atoms with Crippen molar-refractivity contribution in [1.82, 2.24) is 4.72 Å². The van der Waals surface area contributed by atoms with Gasteiger partial charge in [-0.2, -0.15) is 0 Å². The molecule has 0 saturated heterocycles. The van der Waals surface area contributed by atoms with Crippen molar-refractivity contribution in [2.45, 2.75) is 26.4 Å². The van der Waals surface area contributed by atoms with E-state index in [9.17, 15) is 18.0 Å². The fraction of sp³-hybridized carbons (Fsp3) is 0.429. The van der Waals surface area contributed by atoms with Gasteiger partial charge in [-0.15, -0.1) is 0 Å². The number of nitrogens with one attached hydrogen (secondary N) is 1. The van der Waals surface area contributed by atoms with Gasteiger partial charge in [-0.3, -0.25) is 9.69 Å². The number of rotatable bonds is 3. The molecular weight excluding hydrogens is 435 g/mol. The number of sulfonamides is 1. The molecule has 0 aliphatic heterocycles. The van der Waals surface area contributed by atoms with E-state index in [0.717, 1.165) is 6.26 Å². The molecular formula is C14H19IN2O5S. The summed E-state index contributed by atoms with van der Waals surface area (Å²) in [5.41, 5.74) is 0.114. The first-order chi connectivity index (χ1) is 10.3. The minimum atomic E-state index is -3.63. The summed E-state index contributed by atoms with van der Waals surface area (Å²) in [7, 11) is -2.07. The maximum atomic E-state index is 12.1. The first-order valence-electron chi connectivity index (χ1n) is 6.58. The highest BCUT2D eigenvalue weighted by Gasteiger charge is 2.22. The van der Waals surface area contributed by atoms with E-state index in [0.29, 0.717) is 9.26 Å². The van der Waals surface area contributed by atoms with Gasteiger partial charge in [0.1, 0.15) is 5.60 Å². The molecule has 7 nitrogen and oxygen atoms in total.